The van der Waals surface area contributed by atoms with Gasteiger partial charge in [0.25, 0.3) is 0 Å². The quantitative estimate of drug-likeness (QED) is 0.0264. The largest absolute Gasteiger partial charge is 0.462 e. The van der Waals surface area contributed by atoms with Crippen molar-refractivity contribution in [3.8, 4) is 0 Å². The Labute approximate surface area is 363 Å². The highest BCUT2D eigenvalue weighted by Crippen LogP contribution is 2.14. The second kappa shape index (κ2) is 47.5. The van der Waals surface area contributed by atoms with Crippen LogP contribution in [0.3, 0.4) is 0 Å². The molecule has 6 nitrogen and oxygen atoms in total. The van der Waals surface area contributed by atoms with Crippen LogP contribution in [0.1, 0.15) is 226 Å². The summed E-state index contributed by atoms with van der Waals surface area (Å²) in [6.45, 7) is 6.44. The van der Waals surface area contributed by atoms with Gasteiger partial charge in [0.1, 0.15) is 13.2 Å². The van der Waals surface area contributed by atoms with Gasteiger partial charge < -0.3 is 14.2 Å². The lowest BCUT2D eigenvalue weighted by molar-refractivity contribution is -0.167. The second-order valence-corrected chi connectivity index (χ2v) is 16.0. The third-order valence-corrected chi connectivity index (χ3v) is 10.2. The van der Waals surface area contributed by atoms with Crippen LogP contribution in [0.4, 0.5) is 0 Å². The number of unbranched alkanes of at least 4 members (excludes halogenated alkanes) is 20. The van der Waals surface area contributed by atoms with Crippen LogP contribution in [0.15, 0.2) is 72.9 Å². The van der Waals surface area contributed by atoms with Crippen molar-refractivity contribution in [1.29, 1.82) is 0 Å². The van der Waals surface area contributed by atoms with Crippen LogP contribution in [-0.2, 0) is 28.6 Å². The molecular formula is C53H90O6. The molecule has 0 aromatic carbocycles. The molecule has 0 spiro atoms. The van der Waals surface area contributed by atoms with E-state index >= 15 is 0 Å². The summed E-state index contributed by atoms with van der Waals surface area (Å²) in [4.78, 5) is 37.8. The molecule has 59 heavy (non-hydrogen) atoms. The van der Waals surface area contributed by atoms with Gasteiger partial charge in [-0.05, 0) is 89.9 Å². The zero-order valence-electron chi connectivity index (χ0n) is 38.5. The Balaban J connectivity index is 4.41. The zero-order chi connectivity index (χ0) is 43.0. The molecule has 0 aromatic heterocycles. The van der Waals surface area contributed by atoms with Crippen molar-refractivity contribution in [3.05, 3.63) is 72.9 Å². The van der Waals surface area contributed by atoms with Crippen LogP contribution >= 0.6 is 0 Å². The fraction of sp³-hybridized carbons (Fsp3) is 0.717. The van der Waals surface area contributed by atoms with Gasteiger partial charge in [0.05, 0.1) is 0 Å². The van der Waals surface area contributed by atoms with E-state index in [1.807, 2.05) is 0 Å². The number of rotatable bonds is 43. The molecule has 1 unspecified atom stereocenters. The molecule has 0 aliphatic heterocycles. The minimum Gasteiger partial charge on any atom is -0.462 e. The van der Waals surface area contributed by atoms with Crippen molar-refractivity contribution in [1.82, 2.24) is 0 Å². The Morgan fingerprint density at radius 1 is 0.356 bits per heavy atom. The fourth-order valence-electron chi connectivity index (χ4n) is 6.52. The molecule has 0 aliphatic carbocycles. The maximum Gasteiger partial charge on any atom is 0.306 e. The SMILES string of the molecule is CC/C=C\C/C=C\C/C=C\C/C=C\C/C=C\CCCCCC(=O)OCC(COC(=O)CCCCCCCCCCCC)OC(=O)CCCCCCC/C=C\CCCCC. The Hall–Kier alpha value is -3.15. The lowest BCUT2D eigenvalue weighted by atomic mass is 10.1. The monoisotopic (exact) mass is 823 g/mol. The Morgan fingerprint density at radius 2 is 0.661 bits per heavy atom. The number of allylic oxidation sites excluding steroid dienone is 12. The molecule has 0 rings (SSSR count). The van der Waals surface area contributed by atoms with Crippen molar-refractivity contribution < 1.29 is 28.6 Å². The molecule has 0 heterocycles. The Kier molecular flexibility index (Phi) is 45.0. The normalized spacial score (nSPS) is 12.7. The van der Waals surface area contributed by atoms with Gasteiger partial charge in [-0.1, -0.05) is 190 Å². The third-order valence-electron chi connectivity index (χ3n) is 10.2. The molecule has 0 amide bonds. The number of ether oxygens (including phenoxy) is 3. The highest BCUT2D eigenvalue weighted by atomic mass is 16.6. The van der Waals surface area contributed by atoms with Crippen molar-refractivity contribution in [2.24, 2.45) is 0 Å². The summed E-state index contributed by atoms with van der Waals surface area (Å²) in [7, 11) is 0. The van der Waals surface area contributed by atoms with Gasteiger partial charge >= 0.3 is 17.9 Å². The van der Waals surface area contributed by atoms with E-state index in [0.29, 0.717) is 19.3 Å². The van der Waals surface area contributed by atoms with Crippen LogP contribution < -0.4 is 0 Å². The Bertz CT molecular complexity index is 1130. The first-order valence-corrected chi connectivity index (χ1v) is 24.4. The van der Waals surface area contributed by atoms with Crippen molar-refractivity contribution in [3.63, 3.8) is 0 Å². The topological polar surface area (TPSA) is 78.9 Å². The maximum absolute atomic E-state index is 12.7. The fourth-order valence-corrected chi connectivity index (χ4v) is 6.52. The zero-order valence-corrected chi connectivity index (χ0v) is 38.5. The van der Waals surface area contributed by atoms with E-state index in [4.69, 9.17) is 14.2 Å². The van der Waals surface area contributed by atoms with Gasteiger partial charge in [-0.15, -0.1) is 0 Å². The standard InChI is InChI=1S/C53H90O6/c1-4-7-10-13-16-19-22-24-25-26-27-28-29-30-32-34-37-40-43-46-52(55)58-49-50(48-57-51(54)45-42-39-36-33-21-18-15-12-9-6-3)59-53(56)47-44-41-38-35-31-23-20-17-14-11-8-5-2/h7,10,16-17,19-20,24-25,27-28,30,32,50H,4-6,8-9,11-15,18,21-23,26,29,31,33-49H2,1-3H3/b10-7-,19-16-,20-17-,25-24-,28-27-,32-30-. The van der Waals surface area contributed by atoms with Gasteiger partial charge in [-0.2, -0.15) is 0 Å². The van der Waals surface area contributed by atoms with Gasteiger partial charge in [0.2, 0.25) is 0 Å². The van der Waals surface area contributed by atoms with Crippen LogP contribution in [0, 0.1) is 0 Å². The highest BCUT2D eigenvalue weighted by Gasteiger charge is 2.19. The molecule has 0 saturated heterocycles. The minimum atomic E-state index is -0.789. The molecule has 338 valence electrons. The van der Waals surface area contributed by atoms with E-state index in [1.54, 1.807) is 0 Å². The number of carbonyl (C=O) groups excluding carboxylic acids is 3. The van der Waals surface area contributed by atoms with Crippen LogP contribution in [-0.4, -0.2) is 37.2 Å². The number of hydrogen-bond acceptors (Lipinski definition) is 6. The summed E-state index contributed by atoms with van der Waals surface area (Å²) in [5, 5.41) is 0. The van der Waals surface area contributed by atoms with E-state index in [-0.39, 0.29) is 31.1 Å². The molecule has 0 aliphatic rings. The van der Waals surface area contributed by atoms with E-state index in [0.717, 1.165) is 109 Å². The minimum absolute atomic E-state index is 0.0885. The van der Waals surface area contributed by atoms with Gasteiger partial charge in [-0.25, -0.2) is 0 Å². The van der Waals surface area contributed by atoms with Crippen LogP contribution in [0.25, 0.3) is 0 Å². The molecule has 0 N–H and O–H groups in total. The number of esters is 3. The average molecular weight is 823 g/mol. The second-order valence-electron chi connectivity index (χ2n) is 16.0. The molecular weight excluding hydrogens is 733 g/mol. The van der Waals surface area contributed by atoms with E-state index < -0.39 is 6.10 Å². The first-order valence-electron chi connectivity index (χ1n) is 24.4. The highest BCUT2D eigenvalue weighted by molar-refractivity contribution is 5.71. The predicted molar refractivity (Wildman–Crippen MR) is 251 cm³/mol. The summed E-state index contributed by atoms with van der Waals surface area (Å²) in [6, 6.07) is 0. The average Bonchev–Trinajstić information content (AvgIpc) is 3.23. The summed E-state index contributed by atoms with van der Waals surface area (Å²) in [5.74, 6) is -0.935. The van der Waals surface area contributed by atoms with Crippen molar-refractivity contribution in [2.75, 3.05) is 13.2 Å². The van der Waals surface area contributed by atoms with E-state index in [9.17, 15) is 14.4 Å². The van der Waals surface area contributed by atoms with E-state index in [1.165, 1.54) is 77.0 Å². The third kappa shape index (κ3) is 45.8. The first-order chi connectivity index (χ1) is 29.0. The molecule has 6 heteroatoms. The molecule has 0 bridgehead atoms. The smallest absolute Gasteiger partial charge is 0.306 e. The first kappa shape index (κ1) is 55.9. The molecule has 0 saturated carbocycles. The number of hydrogen-bond donors (Lipinski definition) is 0. The summed E-state index contributed by atoms with van der Waals surface area (Å²) >= 11 is 0. The Morgan fingerprint density at radius 3 is 1.10 bits per heavy atom. The lowest BCUT2D eigenvalue weighted by Crippen LogP contribution is -2.30. The molecule has 0 radical (unpaired) electrons. The van der Waals surface area contributed by atoms with Crippen LogP contribution in [0.5, 0.6) is 0 Å². The predicted octanol–water partition coefficient (Wildman–Crippen LogP) is 15.9. The van der Waals surface area contributed by atoms with Gasteiger partial charge in [-0.3, -0.25) is 14.4 Å². The summed E-state index contributed by atoms with van der Waals surface area (Å²) in [5.41, 5.74) is 0. The van der Waals surface area contributed by atoms with E-state index in [2.05, 4.69) is 93.7 Å². The van der Waals surface area contributed by atoms with Crippen LogP contribution in [0.2, 0.25) is 0 Å². The number of carbonyl (C=O) groups is 3. The van der Waals surface area contributed by atoms with Crippen molar-refractivity contribution >= 4 is 17.9 Å². The lowest BCUT2D eigenvalue weighted by Gasteiger charge is -2.18. The van der Waals surface area contributed by atoms with Crippen molar-refractivity contribution in [2.45, 2.75) is 232 Å². The molecule has 1 atom stereocenters. The molecule has 0 fully saturated rings. The van der Waals surface area contributed by atoms with Gasteiger partial charge in [0.15, 0.2) is 6.10 Å². The molecule has 0 aromatic rings. The summed E-state index contributed by atoms with van der Waals surface area (Å²) < 4.78 is 16.7. The van der Waals surface area contributed by atoms with Gasteiger partial charge in [0, 0.05) is 19.3 Å². The summed E-state index contributed by atoms with van der Waals surface area (Å²) in [6.07, 6.45) is 58.8. The maximum atomic E-state index is 12.7.